The number of allylic oxidation sites excluding steroid dienone is 2. The fraction of sp³-hybridized carbons (Fsp3) is 0.846. The van der Waals surface area contributed by atoms with Crippen molar-refractivity contribution in [1.29, 1.82) is 0 Å². The van der Waals surface area contributed by atoms with Gasteiger partial charge in [0.1, 0.15) is 0 Å². The summed E-state index contributed by atoms with van der Waals surface area (Å²) < 4.78 is 0. The lowest BCUT2D eigenvalue weighted by atomic mass is 9.87. The third kappa shape index (κ3) is 7.85. The molecule has 0 aromatic heterocycles. The van der Waals surface area contributed by atoms with Gasteiger partial charge in [-0.15, -0.1) is 0 Å². The summed E-state index contributed by atoms with van der Waals surface area (Å²) in [5.74, 6) is 1.00. The Labute approximate surface area is 100 Å². The van der Waals surface area contributed by atoms with Gasteiger partial charge in [0.15, 0.2) is 0 Å². The van der Waals surface area contributed by atoms with Crippen molar-refractivity contribution in [3.8, 4) is 0 Å². The summed E-state index contributed by atoms with van der Waals surface area (Å²) in [7, 11) is 3.79. The minimum Gasteiger partial charge on any atom is -0.396 e. The molecule has 0 amide bonds. The molecule has 0 bridgehead atoms. The van der Waals surface area contributed by atoms with Crippen LogP contribution in [0.5, 0.6) is 0 Å². The molecule has 0 heterocycles. The molecule has 16 heavy (non-hydrogen) atoms. The van der Waals surface area contributed by atoms with Crippen molar-refractivity contribution >= 4 is 0 Å². The fourth-order valence-electron chi connectivity index (χ4n) is 1.74. The van der Waals surface area contributed by atoms with Crippen LogP contribution in [0.2, 0.25) is 0 Å². The number of aliphatic hydroxyl groups is 1. The highest BCUT2D eigenvalue weighted by atomic mass is 16.7. The molecular weight excluding hydrogens is 202 g/mol. The van der Waals surface area contributed by atoms with E-state index in [1.165, 1.54) is 5.57 Å². The molecule has 2 atom stereocenters. The van der Waals surface area contributed by atoms with Gasteiger partial charge in [0, 0.05) is 20.7 Å². The van der Waals surface area contributed by atoms with Crippen LogP contribution in [0.15, 0.2) is 11.6 Å². The van der Waals surface area contributed by atoms with E-state index in [0.717, 1.165) is 19.4 Å². The van der Waals surface area contributed by atoms with E-state index in [9.17, 15) is 0 Å². The number of hydroxylamine groups is 2. The van der Waals surface area contributed by atoms with Crippen molar-refractivity contribution < 1.29 is 9.94 Å². The Hall–Kier alpha value is -0.380. The third-order valence-electron chi connectivity index (χ3n) is 2.66. The summed E-state index contributed by atoms with van der Waals surface area (Å²) in [6.45, 7) is 7.43. The van der Waals surface area contributed by atoms with E-state index in [-0.39, 0.29) is 6.61 Å². The number of nitrogens with zero attached hydrogens (tertiary/aromatic N) is 1. The molecule has 0 spiro atoms. The van der Waals surface area contributed by atoms with Gasteiger partial charge in [0.25, 0.3) is 0 Å². The summed E-state index contributed by atoms with van der Waals surface area (Å²) in [6.07, 6.45) is 4.12. The van der Waals surface area contributed by atoms with Crippen molar-refractivity contribution in [2.24, 2.45) is 11.8 Å². The molecule has 0 saturated heterocycles. The Morgan fingerprint density at radius 2 is 1.94 bits per heavy atom. The van der Waals surface area contributed by atoms with E-state index >= 15 is 0 Å². The quantitative estimate of drug-likeness (QED) is 0.512. The smallest absolute Gasteiger partial charge is 0.0687 e. The van der Waals surface area contributed by atoms with Gasteiger partial charge >= 0.3 is 0 Å². The van der Waals surface area contributed by atoms with Gasteiger partial charge in [0.05, 0.1) is 6.61 Å². The maximum atomic E-state index is 9.04. The predicted octanol–water partition coefficient (Wildman–Crippen LogP) is 2.47. The minimum atomic E-state index is 0.257. The highest BCUT2D eigenvalue weighted by Crippen LogP contribution is 2.22. The van der Waals surface area contributed by atoms with Crippen LogP contribution in [0.25, 0.3) is 0 Å². The lowest BCUT2D eigenvalue weighted by molar-refractivity contribution is -0.123. The highest BCUT2D eigenvalue weighted by Gasteiger charge is 2.14. The van der Waals surface area contributed by atoms with Gasteiger partial charge in [-0.2, -0.15) is 5.06 Å². The Bertz CT molecular complexity index is 198. The largest absolute Gasteiger partial charge is 0.396 e. The molecule has 0 aromatic carbocycles. The first-order chi connectivity index (χ1) is 7.47. The van der Waals surface area contributed by atoms with Gasteiger partial charge in [-0.3, -0.25) is 4.84 Å². The van der Waals surface area contributed by atoms with Crippen LogP contribution < -0.4 is 0 Å². The SMILES string of the molecule is CC(C)=CC(CCO)C(C)CCON(C)C. The van der Waals surface area contributed by atoms with E-state index in [0.29, 0.717) is 11.8 Å². The highest BCUT2D eigenvalue weighted by molar-refractivity contribution is 4.98. The molecule has 0 aliphatic rings. The molecule has 2 unspecified atom stereocenters. The predicted molar refractivity (Wildman–Crippen MR) is 68.0 cm³/mol. The van der Waals surface area contributed by atoms with Crippen LogP contribution in [0, 0.1) is 11.8 Å². The Kier molecular flexibility index (Phi) is 8.53. The van der Waals surface area contributed by atoms with Crippen LogP contribution in [0.4, 0.5) is 0 Å². The van der Waals surface area contributed by atoms with Gasteiger partial charge in [-0.25, -0.2) is 0 Å². The van der Waals surface area contributed by atoms with E-state index in [2.05, 4.69) is 26.8 Å². The third-order valence-corrected chi connectivity index (χ3v) is 2.66. The average molecular weight is 229 g/mol. The average Bonchev–Trinajstić information content (AvgIpc) is 2.15. The van der Waals surface area contributed by atoms with E-state index in [1.54, 1.807) is 5.06 Å². The van der Waals surface area contributed by atoms with Crippen molar-refractivity contribution in [3.63, 3.8) is 0 Å². The standard InChI is InChI=1S/C13H27NO2/c1-11(2)10-13(6-8-15)12(3)7-9-16-14(4)5/h10,12-13,15H,6-9H2,1-5H3. The first-order valence-electron chi connectivity index (χ1n) is 6.03. The van der Waals surface area contributed by atoms with Crippen LogP contribution in [0.3, 0.4) is 0 Å². The fourth-order valence-corrected chi connectivity index (χ4v) is 1.74. The molecule has 0 rings (SSSR count). The first-order valence-corrected chi connectivity index (χ1v) is 6.03. The minimum absolute atomic E-state index is 0.257. The molecule has 1 N–H and O–H groups in total. The van der Waals surface area contributed by atoms with Crippen LogP contribution in [-0.2, 0) is 4.84 Å². The van der Waals surface area contributed by atoms with Gasteiger partial charge in [0.2, 0.25) is 0 Å². The Balaban J connectivity index is 4.06. The summed E-state index contributed by atoms with van der Waals surface area (Å²) in [5.41, 5.74) is 1.32. The monoisotopic (exact) mass is 229 g/mol. The second-order valence-electron chi connectivity index (χ2n) is 4.83. The number of aliphatic hydroxyl groups excluding tert-OH is 1. The maximum absolute atomic E-state index is 9.04. The lowest BCUT2D eigenvalue weighted by Gasteiger charge is -2.21. The van der Waals surface area contributed by atoms with Gasteiger partial charge in [-0.1, -0.05) is 18.6 Å². The van der Waals surface area contributed by atoms with Crippen molar-refractivity contribution in [3.05, 3.63) is 11.6 Å². The molecule has 3 nitrogen and oxygen atoms in total. The van der Waals surface area contributed by atoms with Crippen LogP contribution in [0.1, 0.15) is 33.6 Å². The zero-order chi connectivity index (χ0) is 12.6. The molecule has 0 fully saturated rings. The second kappa shape index (κ2) is 8.74. The maximum Gasteiger partial charge on any atom is 0.0687 e. The topological polar surface area (TPSA) is 32.7 Å². The zero-order valence-electron chi connectivity index (χ0n) is 11.4. The summed E-state index contributed by atoms with van der Waals surface area (Å²) in [4.78, 5) is 5.40. The zero-order valence-corrected chi connectivity index (χ0v) is 11.4. The molecule has 3 heteroatoms. The van der Waals surface area contributed by atoms with Crippen LogP contribution >= 0.6 is 0 Å². The van der Waals surface area contributed by atoms with Crippen LogP contribution in [-0.4, -0.2) is 37.5 Å². The van der Waals surface area contributed by atoms with Gasteiger partial charge < -0.3 is 5.11 Å². The molecule has 96 valence electrons. The normalized spacial score (nSPS) is 14.9. The van der Waals surface area contributed by atoms with Gasteiger partial charge in [-0.05, 0) is 38.5 Å². The molecule has 0 aliphatic carbocycles. The Morgan fingerprint density at radius 1 is 1.31 bits per heavy atom. The first kappa shape index (κ1) is 15.6. The Morgan fingerprint density at radius 3 is 2.38 bits per heavy atom. The van der Waals surface area contributed by atoms with E-state index in [4.69, 9.17) is 9.94 Å². The molecule has 0 saturated carbocycles. The number of hydrogen-bond donors (Lipinski definition) is 1. The van der Waals surface area contributed by atoms with Crippen molar-refractivity contribution in [1.82, 2.24) is 5.06 Å². The lowest BCUT2D eigenvalue weighted by Crippen LogP contribution is -2.18. The summed E-state index contributed by atoms with van der Waals surface area (Å²) in [5, 5.41) is 10.8. The molecular formula is C13H27NO2. The van der Waals surface area contributed by atoms with E-state index in [1.807, 2.05) is 14.1 Å². The summed E-state index contributed by atoms with van der Waals surface area (Å²) >= 11 is 0. The second-order valence-corrected chi connectivity index (χ2v) is 4.83. The van der Waals surface area contributed by atoms with Crippen molar-refractivity contribution in [2.75, 3.05) is 27.3 Å². The molecule has 0 radical (unpaired) electrons. The number of rotatable bonds is 8. The molecule has 0 aromatic rings. The molecule has 0 aliphatic heterocycles. The summed E-state index contributed by atoms with van der Waals surface area (Å²) in [6, 6.07) is 0. The number of hydrogen-bond acceptors (Lipinski definition) is 3. The van der Waals surface area contributed by atoms with E-state index < -0.39 is 0 Å². The van der Waals surface area contributed by atoms with Crippen molar-refractivity contribution in [2.45, 2.75) is 33.6 Å².